The van der Waals surface area contributed by atoms with E-state index in [1.807, 2.05) is 17.0 Å². The van der Waals surface area contributed by atoms with Crippen LogP contribution in [0.3, 0.4) is 0 Å². The molecule has 27 heavy (non-hydrogen) atoms. The summed E-state index contributed by atoms with van der Waals surface area (Å²) in [5.41, 5.74) is 1.66. The third-order valence-electron chi connectivity index (χ3n) is 4.57. The Bertz CT molecular complexity index is 758. The van der Waals surface area contributed by atoms with Gasteiger partial charge in [-0.15, -0.1) is 11.8 Å². The second-order valence-electron chi connectivity index (χ2n) is 7.26. The molecule has 3 rings (SSSR count). The van der Waals surface area contributed by atoms with Gasteiger partial charge in [-0.05, 0) is 35.7 Å². The average molecular weight is 388 g/mol. The number of benzene rings is 1. The van der Waals surface area contributed by atoms with Gasteiger partial charge >= 0.3 is 0 Å². The van der Waals surface area contributed by atoms with Crippen molar-refractivity contribution in [1.29, 1.82) is 0 Å². The number of piperazine rings is 1. The molecule has 0 radical (unpaired) electrons. The highest BCUT2D eigenvalue weighted by atomic mass is 32.2. The van der Waals surface area contributed by atoms with Crippen LogP contribution in [0.25, 0.3) is 0 Å². The number of thioether (sulfide) groups is 1. The summed E-state index contributed by atoms with van der Waals surface area (Å²) in [6.07, 6.45) is 1.71. The van der Waals surface area contributed by atoms with E-state index in [0.717, 1.165) is 43.3 Å². The van der Waals surface area contributed by atoms with Crippen molar-refractivity contribution in [3.8, 4) is 0 Å². The second-order valence-corrected chi connectivity index (χ2v) is 8.22. The monoisotopic (exact) mass is 387 g/mol. The predicted molar refractivity (Wildman–Crippen MR) is 107 cm³/mol. The van der Waals surface area contributed by atoms with Crippen LogP contribution in [0.5, 0.6) is 0 Å². The van der Waals surface area contributed by atoms with E-state index in [9.17, 15) is 9.18 Å². The molecule has 1 fully saturated rings. The maximum Gasteiger partial charge on any atom is 0.256 e. The lowest BCUT2D eigenvalue weighted by Crippen LogP contribution is -2.49. The van der Waals surface area contributed by atoms with Gasteiger partial charge in [-0.1, -0.05) is 26.0 Å². The Hall–Kier alpha value is -1.92. The molecule has 1 aromatic carbocycles. The highest BCUT2D eigenvalue weighted by Crippen LogP contribution is 2.25. The van der Waals surface area contributed by atoms with Crippen molar-refractivity contribution >= 4 is 17.7 Å². The Balaban J connectivity index is 1.63. The van der Waals surface area contributed by atoms with Gasteiger partial charge in [0.25, 0.3) is 5.91 Å². The molecule has 0 bridgehead atoms. The van der Waals surface area contributed by atoms with Gasteiger partial charge in [-0.2, -0.15) is 0 Å². The zero-order valence-corrected chi connectivity index (χ0v) is 16.7. The molecule has 4 nitrogen and oxygen atoms in total. The van der Waals surface area contributed by atoms with Crippen LogP contribution in [0.15, 0.2) is 47.6 Å². The highest BCUT2D eigenvalue weighted by Gasteiger charge is 2.24. The van der Waals surface area contributed by atoms with Crippen molar-refractivity contribution in [1.82, 2.24) is 14.8 Å². The second kappa shape index (κ2) is 9.33. The van der Waals surface area contributed by atoms with Crippen LogP contribution in [-0.4, -0.2) is 53.4 Å². The lowest BCUT2D eigenvalue weighted by atomic mass is 10.1. The maximum absolute atomic E-state index is 13.1. The summed E-state index contributed by atoms with van der Waals surface area (Å²) in [5, 5.41) is 0.733. The molecule has 6 heteroatoms. The largest absolute Gasteiger partial charge is 0.336 e. The summed E-state index contributed by atoms with van der Waals surface area (Å²) in [7, 11) is 0. The number of carbonyl (C=O) groups is 1. The summed E-state index contributed by atoms with van der Waals surface area (Å²) in [4.78, 5) is 21.8. The van der Waals surface area contributed by atoms with Crippen molar-refractivity contribution in [3.05, 3.63) is 59.5 Å². The van der Waals surface area contributed by atoms with Gasteiger partial charge in [0, 0.05) is 44.7 Å². The molecular weight excluding hydrogens is 361 g/mol. The Kier molecular flexibility index (Phi) is 6.85. The molecule has 1 amide bonds. The number of hydrogen-bond donors (Lipinski definition) is 0. The van der Waals surface area contributed by atoms with Crippen molar-refractivity contribution in [3.63, 3.8) is 0 Å². The minimum Gasteiger partial charge on any atom is -0.336 e. The van der Waals surface area contributed by atoms with E-state index >= 15 is 0 Å². The van der Waals surface area contributed by atoms with Crippen LogP contribution < -0.4 is 0 Å². The Morgan fingerprint density at radius 2 is 1.85 bits per heavy atom. The zero-order valence-electron chi connectivity index (χ0n) is 15.9. The first-order valence-electron chi connectivity index (χ1n) is 9.37. The quantitative estimate of drug-likeness (QED) is 0.704. The van der Waals surface area contributed by atoms with Crippen molar-refractivity contribution in [2.24, 2.45) is 5.92 Å². The molecule has 0 saturated carbocycles. The zero-order chi connectivity index (χ0) is 19.2. The third-order valence-corrected chi connectivity index (χ3v) is 5.65. The van der Waals surface area contributed by atoms with Crippen molar-refractivity contribution in [2.75, 3.05) is 32.7 Å². The fraction of sp³-hybridized carbons (Fsp3) is 0.429. The predicted octanol–water partition coefficient (Wildman–Crippen LogP) is 3.93. The van der Waals surface area contributed by atoms with Crippen molar-refractivity contribution < 1.29 is 9.18 Å². The molecule has 144 valence electrons. The molecule has 1 saturated heterocycles. The minimum absolute atomic E-state index is 0.0499. The van der Waals surface area contributed by atoms with E-state index in [2.05, 4.69) is 23.7 Å². The van der Waals surface area contributed by atoms with Gasteiger partial charge in [-0.3, -0.25) is 9.69 Å². The summed E-state index contributed by atoms with van der Waals surface area (Å²) in [5.74, 6) is 1.10. The first kappa shape index (κ1) is 19.8. The molecule has 1 aliphatic rings. The first-order chi connectivity index (χ1) is 13.0. The number of hydrogen-bond acceptors (Lipinski definition) is 4. The van der Waals surface area contributed by atoms with Crippen LogP contribution >= 0.6 is 11.8 Å². The molecule has 1 aliphatic heterocycles. The molecule has 0 N–H and O–H groups in total. The molecule has 2 aromatic rings. The van der Waals surface area contributed by atoms with Gasteiger partial charge < -0.3 is 4.90 Å². The molecule has 0 unspecified atom stereocenters. The molecule has 2 heterocycles. The van der Waals surface area contributed by atoms with Crippen LogP contribution in [0, 0.1) is 11.7 Å². The fourth-order valence-corrected chi connectivity index (χ4v) is 4.16. The number of amides is 1. The van der Waals surface area contributed by atoms with Gasteiger partial charge in [0.2, 0.25) is 0 Å². The summed E-state index contributed by atoms with van der Waals surface area (Å²) < 4.78 is 13.1. The highest BCUT2D eigenvalue weighted by molar-refractivity contribution is 7.98. The van der Waals surface area contributed by atoms with Gasteiger partial charge in [-0.25, -0.2) is 9.37 Å². The Morgan fingerprint density at radius 3 is 2.52 bits per heavy atom. The number of rotatable bonds is 6. The van der Waals surface area contributed by atoms with E-state index in [1.54, 1.807) is 18.3 Å². The standard InChI is InChI=1S/C21H26FN3OS/c1-16(2)14-24-10-12-25(13-11-24)21(26)19-4-3-9-23-20(19)27-15-17-5-7-18(22)8-6-17/h3-9,16H,10-15H2,1-2H3. The number of aromatic nitrogens is 1. The van der Waals surface area contributed by atoms with Crippen LogP contribution in [0.4, 0.5) is 4.39 Å². The van der Waals surface area contributed by atoms with Crippen LogP contribution in [-0.2, 0) is 5.75 Å². The topological polar surface area (TPSA) is 36.4 Å². The maximum atomic E-state index is 13.1. The lowest BCUT2D eigenvalue weighted by molar-refractivity contribution is 0.0619. The number of nitrogens with zero attached hydrogens (tertiary/aromatic N) is 3. The van der Waals surface area contributed by atoms with Crippen LogP contribution in [0.1, 0.15) is 29.8 Å². The smallest absolute Gasteiger partial charge is 0.256 e. The van der Waals surface area contributed by atoms with Gasteiger partial charge in [0.05, 0.1) is 5.56 Å². The Morgan fingerprint density at radius 1 is 1.15 bits per heavy atom. The molecular formula is C21H26FN3OS. The van der Waals surface area contributed by atoms with E-state index in [4.69, 9.17) is 0 Å². The van der Waals surface area contributed by atoms with Crippen LogP contribution in [0.2, 0.25) is 0 Å². The fourth-order valence-electron chi connectivity index (χ4n) is 3.22. The third kappa shape index (κ3) is 5.53. The summed E-state index contributed by atoms with van der Waals surface area (Å²) >= 11 is 1.52. The van der Waals surface area contributed by atoms with Crippen molar-refractivity contribution in [2.45, 2.75) is 24.6 Å². The lowest BCUT2D eigenvalue weighted by Gasteiger charge is -2.35. The minimum atomic E-state index is -0.242. The number of carbonyl (C=O) groups excluding carboxylic acids is 1. The molecule has 1 aromatic heterocycles. The molecule has 0 atom stereocenters. The number of halogens is 1. The van der Waals surface area contributed by atoms with E-state index in [-0.39, 0.29) is 11.7 Å². The number of pyridine rings is 1. The van der Waals surface area contributed by atoms with E-state index in [1.165, 1.54) is 23.9 Å². The molecule has 0 aliphatic carbocycles. The normalized spacial score (nSPS) is 15.3. The van der Waals surface area contributed by atoms with E-state index < -0.39 is 0 Å². The first-order valence-corrected chi connectivity index (χ1v) is 10.4. The SMILES string of the molecule is CC(C)CN1CCN(C(=O)c2cccnc2SCc2ccc(F)cc2)CC1. The Labute approximate surface area is 164 Å². The van der Waals surface area contributed by atoms with E-state index in [0.29, 0.717) is 17.2 Å². The summed E-state index contributed by atoms with van der Waals surface area (Å²) in [6.45, 7) is 8.86. The van der Waals surface area contributed by atoms with Gasteiger partial charge in [0.15, 0.2) is 0 Å². The summed E-state index contributed by atoms with van der Waals surface area (Å²) in [6, 6.07) is 10.1. The average Bonchev–Trinajstić information content (AvgIpc) is 2.67. The van der Waals surface area contributed by atoms with Gasteiger partial charge in [0.1, 0.15) is 10.8 Å². The molecule has 0 spiro atoms.